The number of aromatic hydroxyl groups is 1. The molecule has 0 spiro atoms. The first-order valence-corrected chi connectivity index (χ1v) is 24.0. The second-order valence-corrected chi connectivity index (χ2v) is 21.9. The van der Waals surface area contributed by atoms with Crippen LogP contribution in [0.4, 0.5) is 0 Å². The van der Waals surface area contributed by atoms with Crippen LogP contribution in [0.5, 0.6) is 5.75 Å². The van der Waals surface area contributed by atoms with E-state index in [1.165, 1.54) is 18.3 Å². The molecular weight excluding hydrogens is 1060 g/mol. The minimum Gasteiger partial charge on any atom is -0.507 e. The number of aromatic nitrogens is 3. The van der Waals surface area contributed by atoms with Crippen molar-refractivity contribution in [1.29, 1.82) is 0 Å². The minimum atomic E-state index is -3.83. The van der Waals surface area contributed by atoms with Crippen LogP contribution < -0.4 is 0 Å². The maximum Gasteiger partial charge on any atom is 0.148 e. The summed E-state index contributed by atoms with van der Waals surface area (Å²) in [6.45, 7) is 11.4. The summed E-state index contributed by atoms with van der Waals surface area (Å²) in [6.07, 6.45) is 1.41. The van der Waals surface area contributed by atoms with E-state index in [0.29, 0.717) is 39.1 Å². The van der Waals surface area contributed by atoms with Crippen LogP contribution in [0.1, 0.15) is 150 Å². The van der Waals surface area contributed by atoms with Gasteiger partial charge in [-0.15, -0.1) is 23.8 Å². The summed E-state index contributed by atoms with van der Waals surface area (Å²) in [5, 5.41) is 12.7. The number of pyridine rings is 1. The number of rotatable bonds is 8. The molecule has 0 unspecified atom stereocenters. The molecule has 9 aromatic rings. The Morgan fingerprint density at radius 1 is 0.569 bits per heavy atom. The van der Waals surface area contributed by atoms with Crippen molar-refractivity contribution in [3.63, 3.8) is 0 Å². The van der Waals surface area contributed by atoms with Gasteiger partial charge in [-0.05, 0) is 102 Å². The van der Waals surface area contributed by atoms with Crippen molar-refractivity contribution < 1.29 is 45.4 Å². The predicted molar refractivity (Wildman–Crippen MR) is 301 cm³/mol. The molecule has 0 radical (unpaired) electrons. The molecule has 0 aliphatic rings. The maximum atomic E-state index is 12.7. The molecule has 0 amide bonds. The van der Waals surface area contributed by atoms with Gasteiger partial charge in [0.2, 0.25) is 0 Å². The smallest absolute Gasteiger partial charge is 0.148 e. The maximum absolute atomic E-state index is 12.7. The van der Waals surface area contributed by atoms with Crippen LogP contribution in [0.2, 0.25) is 0 Å². The largest absolute Gasteiger partial charge is 0.507 e. The van der Waals surface area contributed by atoms with Gasteiger partial charge in [0.05, 0.1) is 27.8 Å². The van der Waals surface area contributed by atoms with Crippen molar-refractivity contribution >= 4 is 11.0 Å². The van der Waals surface area contributed by atoms with E-state index < -0.39 is 67.0 Å². The zero-order valence-electron chi connectivity index (χ0n) is 56.8. The van der Waals surface area contributed by atoms with E-state index in [-0.39, 0.29) is 54.5 Å². The summed E-state index contributed by atoms with van der Waals surface area (Å²) >= 11 is 0. The van der Waals surface area contributed by atoms with Crippen molar-refractivity contribution in [2.75, 3.05) is 0 Å². The van der Waals surface area contributed by atoms with Crippen molar-refractivity contribution in [1.82, 2.24) is 14.5 Å². The first-order valence-electron chi connectivity index (χ1n) is 31.0. The van der Waals surface area contributed by atoms with Crippen LogP contribution >= 0.6 is 0 Å². The van der Waals surface area contributed by atoms with E-state index in [0.717, 1.165) is 50.2 Å². The molecule has 0 atom stereocenters. The molecule has 1 N–H and O–H groups in total. The summed E-state index contributed by atoms with van der Waals surface area (Å²) in [5.74, 6) is -0.398. The fourth-order valence-electron chi connectivity index (χ4n) is 9.00. The quantitative estimate of drug-likeness (QED) is 0.154. The number of phenolic OH excluding ortho intramolecular Hbond substituents is 1. The monoisotopic (exact) mass is 1140 g/mol. The van der Waals surface area contributed by atoms with Crippen molar-refractivity contribution in [3.8, 4) is 78.6 Å². The van der Waals surface area contributed by atoms with Gasteiger partial charge in [-0.2, -0.15) is 0 Å². The minimum absolute atomic E-state index is 0. The number of fused-ring (bicyclic) bond motifs is 1. The zero-order valence-corrected chi connectivity index (χ0v) is 45.1. The Balaban J connectivity index is 0.00000961. The van der Waals surface area contributed by atoms with Gasteiger partial charge in [-0.25, -0.2) is 4.98 Å². The average Bonchev–Trinajstić information content (AvgIpc) is 0.717. The van der Waals surface area contributed by atoms with Crippen LogP contribution in [-0.4, -0.2) is 19.6 Å². The molecule has 0 bridgehead atoms. The molecule has 72 heavy (non-hydrogen) atoms. The number of benzene rings is 7. The van der Waals surface area contributed by atoms with E-state index in [1.807, 2.05) is 92.7 Å². The molecule has 2 aromatic heterocycles. The fourth-order valence-corrected chi connectivity index (χ4v) is 9.00. The van der Waals surface area contributed by atoms with Gasteiger partial charge in [-0.3, -0.25) is 9.55 Å². The summed E-state index contributed by atoms with van der Waals surface area (Å²) < 4.78 is 123. The van der Waals surface area contributed by atoms with Gasteiger partial charge in [0.25, 0.3) is 0 Å². The number of hydrogen-bond donors (Lipinski definition) is 1. The Labute approximate surface area is 463 Å². The van der Waals surface area contributed by atoms with Crippen LogP contribution in [-0.2, 0) is 42.7 Å². The molecule has 0 aliphatic carbocycles. The van der Waals surface area contributed by atoms with Gasteiger partial charge >= 0.3 is 0 Å². The standard InChI is InChI=1S/C67H70N3O.Pt/c1-42(2)46-27-32-59(55(38-46)45-25-30-52(31-26-45)65(6,7)8)70-60-22-18-21-54(61(60)69-63(70)56-40-53(66(9,10)11)41-57(62(56)71)67(12,13)14)49-35-48(43-19-16-15-17-20-43)36-50(37-49)58-39-47(33-34-68-58)44-23-28-51(29-24-44)64(3,4)5;/h15-36,38-42,71H,1-14H3;/q-1;/i3D3,4D3,5D3,23D,24D,28D,29D,42D;. The van der Waals surface area contributed by atoms with Gasteiger partial charge in [0.1, 0.15) is 11.6 Å². The van der Waals surface area contributed by atoms with Gasteiger partial charge in [0.15, 0.2) is 0 Å². The third kappa shape index (κ3) is 10.4. The Hall–Kier alpha value is -6.35. The van der Waals surface area contributed by atoms with Gasteiger partial charge in [0, 0.05) is 57.8 Å². The topological polar surface area (TPSA) is 50.9 Å². The fraction of sp³-hybridized carbons (Fsp3) is 0.284. The number of para-hydroxylation sites is 1. The third-order valence-corrected chi connectivity index (χ3v) is 13.2. The molecule has 370 valence electrons. The van der Waals surface area contributed by atoms with E-state index in [9.17, 15) is 9.22 Å². The Morgan fingerprint density at radius 3 is 1.89 bits per heavy atom. The van der Waals surface area contributed by atoms with E-state index in [1.54, 1.807) is 0 Å². The van der Waals surface area contributed by atoms with Gasteiger partial charge in [-0.1, -0.05) is 223 Å². The SMILES string of the molecule is [2H]c1c([2H])c(C(C([2H])([2H])[2H])(C([2H])([2H])[2H])C([2H])([2H])[2H])c([2H])c([2H])c1-c1ccnc(-c2[c-]c(-c3cccc4c3nc(-c3cc(C(C)(C)C)cc(C(C)(C)C)c3O)n4-c3ccc(C([2H])(C)C)cc3-c3ccc(C(C)(C)C)cc3)cc(-c3ccccc3)c2)c1.[Pt]. The molecule has 0 saturated heterocycles. The normalized spacial score (nSPS) is 15.9. The molecule has 7 aromatic carbocycles. The van der Waals surface area contributed by atoms with E-state index in [2.05, 4.69) is 109 Å². The van der Waals surface area contributed by atoms with Crippen LogP contribution in [0.25, 0.3) is 83.9 Å². The van der Waals surface area contributed by atoms with Gasteiger partial charge < -0.3 is 5.11 Å². The summed E-state index contributed by atoms with van der Waals surface area (Å²) in [6, 6.07) is 40.7. The molecule has 0 fully saturated rings. The van der Waals surface area contributed by atoms with E-state index in [4.69, 9.17) is 25.0 Å². The summed E-state index contributed by atoms with van der Waals surface area (Å²) in [4.78, 5) is 10.3. The third-order valence-electron chi connectivity index (χ3n) is 13.2. The molecule has 2 heterocycles. The summed E-state index contributed by atoms with van der Waals surface area (Å²) in [5.41, 5.74) is 5.34. The first kappa shape index (κ1) is 36.5. The predicted octanol–water partition coefficient (Wildman–Crippen LogP) is 18.2. The molecule has 0 aliphatic heterocycles. The first-order chi connectivity index (χ1) is 39.2. The van der Waals surface area contributed by atoms with Crippen LogP contribution in [0, 0.1) is 6.07 Å². The van der Waals surface area contributed by atoms with Crippen molar-refractivity contribution in [2.24, 2.45) is 0 Å². The number of imidazole rings is 1. The Bertz CT molecular complexity index is 4000. The second kappa shape index (κ2) is 19.6. The van der Waals surface area contributed by atoms with Crippen molar-refractivity contribution in [3.05, 3.63) is 192 Å². The van der Waals surface area contributed by atoms with E-state index >= 15 is 0 Å². The van der Waals surface area contributed by atoms with Crippen LogP contribution in [0.15, 0.2) is 158 Å². The van der Waals surface area contributed by atoms with Crippen LogP contribution in [0.3, 0.4) is 0 Å². The molecule has 9 rings (SSSR count). The second-order valence-electron chi connectivity index (χ2n) is 21.9. The zero-order chi connectivity index (χ0) is 62.7. The molecular formula is C67H70N3OPt-. The average molecular weight is 1140 g/mol. The summed E-state index contributed by atoms with van der Waals surface area (Å²) in [7, 11) is 0. The molecule has 4 nitrogen and oxygen atoms in total. The number of hydrogen-bond acceptors (Lipinski definition) is 3. The van der Waals surface area contributed by atoms with Crippen molar-refractivity contribution in [2.45, 2.75) is 124 Å². The Kier molecular flexibility index (Phi) is 9.94. The molecule has 0 saturated carbocycles. The Morgan fingerprint density at radius 2 is 1.25 bits per heavy atom. The number of phenols is 1. The molecule has 5 heteroatoms. The number of nitrogens with zero attached hydrogens (tertiary/aromatic N) is 3.